The monoisotopic (exact) mass is 747 g/mol. The highest BCUT2D eigenvalue weighted by Gasteiger charge is 2.52. The van der Waals surface area contributed by atoms with Gasteiger partial charge in [-0.25, -0.2) is 4.39 Å². The van der Waals surface area contributed by atoms with E-state index >= 15 is 0 Å². The zero-order chi connectivity index (χ0) is 38.4. The van der Waals surface area contributed by atoms with Crippen molar-refractivity contribution in [3.8, 4) is 34.0 Å². The molecular weight excluding hydrogens is 701 g/mol. The molecule has 0 saturated heterocycles. The number of carboxylic acids is 1. The topological polar surface area (TPSA) is 85.7 Å². The second-order valence-electron chi connectivity index (χ2n) is 15.2. The lowest BCUT2D eigenvalue weighted by atomic mass is 9.84. The van der Waals surface area contributed by atoms with Crippen LogP contribution >= 0.6 is 7.37 Å². The van der Waals surface area contributed by atoms with Crippen molar-refractivity contribution in [2.75, 3.05) is 13.3 Å². The number of hydrogen-bond donors (Lipinski definition) is 1. The number of pyridine rings is 1. The molecular formula is C44H47FNO5PSi. The molecule has 5 rings (SSSR count). The summed E-state index contributed by atoms with van der Waals surface area (Å²) >= 11 is 0. The first-order valence-corrected chi connectivity index (χ1v) is 21.3. The van der Waals surface area contributed by atoms with E-state index in [-0.39, 0.29) is 12.0 Å². The Morgan fingerprint density at radius 1 is 0.830 bits per heavy atom. The molecule has 4 aromatic carbocycles. The molecule has 0 saturated carbocycles. The molecule has 1 heterocycles. The number of nitrogens with zero attached hydrogens (tertiary/aromatic N) is 1. The largest absolute Gasteiger partial charge is 0.481 e. The van der Waals surface area contributed by atoms with E-state index in [1.54, 1.807) is 12.1 Å². The maximum Gasteiger partial charge on any atom is 0.305 e. The Bertz CT molecular complexity index is 2100. The van der Waals surface area contributed by atoms with Crippen molar-refractivity contribution < 1.29 is 27.8 Å². The Morgan fingerprint density at radius 2 is 1.36 bits per heavy atom. The summed E-state index contributed by atoms with van der Waals surface area (Å²) in [4.78, 5) is 17.5. The summed E-state index contributed by atoms with van der Waals surface area (Å²) in [6.07, 6.45) is -1.66. The minimum absolute atomic E-state index is 0.250. The average molecular weight is 748 g/mol. The van der Waals surface area contributed by atoms with E-state index in [1.165, 1.54) is 19.2 Å². The van der Waals surface area contributed by atoms with E-state index in [9.17, 15) is 18.9 Å². The summed E-state index contributed by atoms with van der Waals surface area (Å²) in [6, 6.07) is 37.6. The van der Waals surface area contributed by atoms with Gasteiger partial charge < -0.3 is 14.1 Å². The van der Waals surface area contributed by atoms with Crippen LogP contribution in [0.25, 0.3) is 22.4 Å². The third kappa shape index (κ3) is 9.12. The molecule has 0 amide bonds. The van der Waals surface area contributed by atoms with Crippen molar-refractivity contribution in [1.29, 1.82) is 0 Å². The third-order valence-electron chi connectivity index (χ3n) is 9.21. The Balaban J connectivity index is 1.67. The van der Waals surface area contributed by atoms with Gasteiger partial charge in [-0.3, -0.25) is 14.3 Å². The summed E-state index contributed by atoms with van der Waals surface area (Å²) in [5.41, 5.74) is 6.71. The third-order valence-corrected chi connectivity index (χ3v) is 16.2. The van der Waals surface area contributed by atoms with E-state index in [0.29, 0.717) is 22.4 Å². The molecule has 0 bridgehead atoms. The fourth-order valence-corrected chi connectivity index (χ4v) is 12.9. The number of carboxylic acid groups (broad SMARTS) is 1. The van der Waals surface area contributed by atoms with Crippen molar-refractivity contribution in [2.24, 2.45) is 0 Å². The molecule has 2 atom stereocenters. The lowest BCUT2D eigenvalue weighted by molar-refractivity contribution is -0.138. The molecule has 0 aliphatic heterocycles. The molecule has 53 heavy (non-hydrogen) atoms. The zero-order valence-corrected chi connectivity index (χ0v) is 33.3. The van der Waals surface area contributed by atoms with Gasteiger partial charge in [0.25, 0.3) is 15.7 Å². The Labute approximate surface area is 314 Å². The van der Waals surface area contributed by atoms with Gasteiger partial charge in [-0.15, -0.1) is 0 Å². The van der Waals surface area contributed by atoms with Crippen molar-refractivity contribution >= 4 is 32.0 Å². The highest BCUT2D eigenvalue weighted by Crippen LogP contribution is 2.48. The number of halogens is 1. The van der Waals surface area contributed by atoms with Crippen LogP contribution in [-0.2, 0) is 23.7 Å². The quantitative estimate of drug-likeness (QED) is 0.0824. The van der Waals surface area contributed by atoms with E-state index < -0.39 is 44.6 Å². The summed E-state index contributed by atoms with van der Waals surface area (Å²) in [5.74, 6) is 1.74. The minimum Gasteiger partial charge on any atom is -0.481 e. The van der Waals surface area contributed by atoms with Crippen molar-refractivity contribution in [3.05, 3.63) is 138 Å². The molecule has 9 heteroatoms. The molecule has 274 valence electrons. The van der Waals surface area contributed by atoms with Gasteiger partial charge >= 0.3 is 5.97 Å². The number of aliphatic carboxylic acids is 1. The fourth-order valence-electron chi connectivity index (χ4n) is 6.68. The van der Waals surface area contributed by atoms with Gasteiger partial charge in [0.05, 0.1) is 35.6 Å². The van der Waals surface area contributed by atoms with Gasteiger partial charge in [-0.2, -0.15) is 0 Å². The highest BCUT2D eigenvalue weighted by atomic mass is 31.2. The number of hydrogen-bond acceptors (Lipinski definition) is 5. The minimum atomic E-state index is -3.88. The molecule has 1 aromatic heterocycles. The van der Waals surface area contributed by atoms with Crippen LogP contribution in [0.2, 0.25) is 5.04 Å². The highest BCUT2D eigenvalue weighted by molar-refractivity contribution is 7.64. The summed E-state index contributed by atoms with van der Waals surface area (Å²) in [7, 11) is -5.78. The molecule has 0 spiro atoms. The first kappa shape index (κ1) is 39.6. The van der Waals surface area contributed by atoms with Crippen LogP contribution in [-0.4, -0.2) is 43.8 Å². The first-order valence-electron chi connectivity index (χ1n) is 17.6. The number of aromatic nitrogens is 1. The molecule has 0 aliphatic carbocycles. The second-order valence-corrected chi connectivity index (χ2v) is 21.7. The SMILES string of the molecule is COP(=O)(C#Cc1c(-c2ccc(F)cc2)cc(-c2ccccc2)nc1C(C)(C)C)C[C@H](CC(=O)O)O[Si](c1ccccc1)(c1ccccc1)C(C)(C)C. The van der Waals surface area contributed by atoms with Gasteiger partial charge in [0.15, 0.2) is 0 Å². The van der Waals surface area contributed by atoms with Crippen LogP contribution in [0.15, 0.2) is 121 Å². The average Bonchev–Trinajstić information content (AvgIpc) is 3.13. The molecule has 0 aliphatic rings. The van der Waals surface area contributed by atoms with Crippen LogP contribution in [0.1, 0.15) is 59.2 Å². The lowest BCUT2D eigenvalue weighted by Crippen LogP contribution is -2.68. The van der Waals surface area contributed by atoms with E-state index in [0.717, 1.165) is 21.6 Å². The summed E-state index contributed by atoms with van der Waals surface area (Å²) < 4.78 is 41.8. The lowest BCUT2D eigenvalue weighted by Gasteiger charge is -2.45. The molecule has 1 N–H and O–H groups in total. The molecule has 6 nitrogen and oxygen atoms in total. The normalized spacial score (nSPS) is 13.7. The predicted octanol–water partition coefficient (Wildman–Crippen LogP) is 9.51. The Kier molecular flexibility index (Phi) is 12.1. The maximum absolute atomic E-state index is 14.8. The van der Waals surface area contributed by atoms with E-state index in [1.807, 2.05) is 118 Å². The predicted molar refractivity (Wildman–Crippen MR) is 215 cm³/mol. The summed E-state index contributed by atoms with van der Waals surface area (Å²) in [5, 5.41) is 11.6. The molecule has 0 fully saturated rings. The standard InChI is InChI=1S/C44H47FNO5PSi/c1-43(2,3)42-38(39(32-23-25-34(45)26-24-32)30-40(46-42)33-17-11-8-12-18-33)27-28-52(49,50-7)31-35(29-41(47)48)51-53(44(4,5)6,36-19-13-9-14-20-36)37-21-15-10-16-22-37/h8-26,30,35H,29,31H2,1-7H3,(H,47,48)/t35-,52?/m0/s1. The van der Waals surface area contributed by atoms with Gasteiger partial charge in [0.2, 0.25) is 0 Å². The van der Waals surface area contributed by atoms with Gasteiger partial charge in [-0.1, -0.05) is 151 Å². The van der Waals surface area contributed by atoms with E-state index in [4.69, 9.17) is 13.9 Å². The van der Waals surface area contributed by atoms with Crippen LogP contribution in [0.4, 0.5) is 4.39 Å². The fraction of sp³-hybridized carbons (Fsp3) is 0.273. The van der Waals surface area contributed by atoms with Gasteiger partial charge in [0.1, 0.15) is 5.82 Å². The molecule has 0 radical (unpaired) electrons. The van der Waals surface area contributed by atoms with E-state index in [2.05, 4.69) is 32.4 Å². The van der Waals surface area contributed by atoms with Crippen molar-refractivity contribution in [1.82, 2.24) is 4.98 Å². The Morgan fingerprint density at radius 3 is 1.83 bits per heavy atom. The zero-order valence-electron chi connectivity index (χ0n) is 31.4. The maximum atomic E-state index is 14.8. The van der Waals surface area contributed by atoms with Gasteiger partial charge in [0, 0.05) is 23.7 Å². The van der Waals surface area contributed by atoms with Gasteiger partial charge in [-0.05, 0) is 44.8 Å². The molecule has 5 aromatic rings. The van der Waals surface area contributed by atoms with Crippen LogP contribution in [0.5, 0.6) is 0 Å². The molecule has 1 unspecified atom stereocenters. The number of benzene rings is 4. The summed E-state index contributed by atoms with van der Waals surface area (Å²) in [6.45, 7) is 12.4. The Hall–Kier alpha value is -4.64. The smallest absolute Gasteiger partial charge is 0.305 e. The van der Waals surface area contributed by atoms with Crippen molar-refractivity contribution in [3.63, 3.8) is 0 Å². The van der Waals surface area contributed by atoms with Crippen LogP contribution in [0.3, 0.4) is 0 Å². The van der Waals surface area contributed by atoms with Crippen LogP contribution in [0, 0.1) is 17.4 Å². The van der Waals surface area contributed by atoms with Crippen LogP contribution < -0.4 is 10.4 Å². The van der Waals surface area contributed by atoms with Crippen molar-refractivity contribution in [2.45, 2.75) is 64.5 Å². The number of carbonyl (C=O) groups is 1. The first-order chi connectivity index (χ1) is 25.1. The second kappa shape index (κ2) is 16.2. The number of rotatable bonds is 11.